The zero-order valence-electron chi connectivity index (χ0n) is 24.8. The van der Waals surface area contributed by atoms with E-state index in [1.54, 1.807) is 24.3 Å². The summed E-state index contributed by atoms with van der Waals surface area (Å²) in [4.78, 5) is 17.1. The van der Waals surface area contributed by atoms with Crippen molar-refractivity contribution in [2.75, 3.05) is 23.3 Å². The molecule has 4 aromatic carbocycles. The Bertz CT molecular complexity index is 1830. The second-order valence-electron chi connectivity index (χ2n) is 11.3. The molecule has 246 valence electrons. The van der Waals surface area contributed by atoms with E-state index in [0.717, 1.165) is 59.6 Å². The number of anilines is 3. The molecule has 14 heteroatoms. The number of ether oxygens (including phenoxy) is 1. The molecule has 4 N–H and O–H groups in total. The first-order valence-electron chi connectivity index (χ1n) is 14.7. The number of alkyl halides is 3. The normalized spacial score (nSPS) is 20.7. The smallest absolute Gasteiger partial charge is 0.406 e. The van der Waals surface area contributed by atoms with Crippen molar-refractivity contribution in [1.82, 2.24) is 9.62 Å². The first-order valence-corrected chi connectivity index (χ1v) is 16.7. The van der Waals surface area contributed by atoms with Gasteiger partial charge in [0.2, 0.25) is 0 Å². The van der Waals surface area contributed by atoms with E-state index in [2.05, 4.69) is 14.8 Å². The molecule has 0 aliphatic carbocycles. The Morgan fingerprint density at radius 3 is 2.13 bits per heavy atom. The zero-order chi connectivity index (χ0) is 33.3. The summed E-state index contributed by atoms with van der Waals surface area (Å²) in [6, 6.07) is 24.1. The lowest BCUT2D eigenvalue weighted by Gasteiger charge is -2.47. The summed E-state index contributed by atoms with van der Waals surface area (Å²) in [5.41, 5.74) is 4.25. The molecule has 6 rings (SSSR count). The SMILES string of the molecule is N=S(=O)(NC1CN(C(=O)Nc2cccc(Cl)c2)CC(N2c3ccccc3CCc3ccccc32)C1O)c1ccc(OC(F)(F)F)cc1. The molecule has 0 spiro atoms. The van der Waals surface area contributed by atoms with Crippen molar-refractivity contribution in [2.45, 2.75) is 42.3 Å². The van der Waals surface area contributed by atoms with Gasteiger partial charge in [-0.15, -0.1) is 13.2 Å². The van der Waals surface area contributed by atoms with Crippen molar-refractivity contribution in [3.8, 4) is 5.75 Å². The van der Waals surface area contributed by atoms with Crippen LogP contribution in [0.2, 0.25) is 5.02 Å². The van der Waals surface area contributed by atoms with E-state index in [0.29, 0.717) is 10.7 Å². The minimum atomic E-state index is -4.91. The standard InChI is InChI=1S/C33H31ClF3N5O4S/c34-23-8-5-9-24(18-23)39-32(44)41-19-27(40-47(38,45)26-16-14-25(15-17-26)46-33(35,36)37)31(43)30(20-41)42-28-10-3-1-6-21(28)12-13-22-7-2-4-11-29(22)42/h1-11,14-18,27,30-31,43H,12-13,19-20H2,(H,39,44)(H2,38,40,45). The number of carbonyl (C=O) groups excluding carboxylic acids is 1. The molecule has 2 aliphatic rings. The fraction of sp³-hybridized carbons (Fsp3) is 0.242. The molecule has 47 heavy (non-hydrogen) atoms. The van der Waals surface area contributed by atoms with Crippen molar-refractivity contribution in [2.24, 2.45) is 0 Å². The molecule has 0 saturated carbocycles. The van der Waals surface area contributed by atoms with Crippen LogP contribution in [0.3, 0.4) is 0 Å². The van der Waals surface area contributed by atoms with Crippen LogP contribution >= 0.6 is 11.6 Å². The number of benzene rings is 4. The average Bonchev–Trinajstić information content (AvgIpc) is 3.18. The first-order chi connectivity index (χ1) is 22.4. The maximum atomic E-state index is 13.8. The van der Waals surface area contributed by atoms with Crippen molar-refractivity contribution < 1.29 is 32.0 Å². The molecular formula is C33H31ClF3N5O4S. The van der Waals surface area contributed by atoms with Gasteiger partial charge in [-0.3, -0.25) is 0 Å². The molecule has 0 aromatic heterocycles. The number of nitrogens with one attached hydrogen (secondary N) is 3. The van der Waals surface area contributed by atoms with Gasteiger partial charge in [0.15, 0.2) is 0 Å². The third-order valence-corrected chi connectivity index (χ3v) is 10.0. The Labute approximate surface area is 275 Å². The molecule has 0 radical (unpaired) electrons. The zero-order valence-corrected chi connectivity index (χ0v) is 26.4. The van der Waals surface area contributed by atoms with Crippen LogP contribution in [0.15, 0.2) is 102 Å². The highest BCUT2D eigenvalue weighted by Crippen LogP contribution is 2.40. The van der Waals surface area contributed by atoms with Gasteiger partial charge in [-0.2, -0.15) is 0 Å². The summed E-state index contributed by atoms with van der Waals surface area (Å²) >= 11 is 6.13. The summed E-state index contributed by atoms with van der Waals surface area (Å²) < 4.78 is 67.2. The second kappa shape index (κ2) is 13.1. The Kier molecular flexibility index (Phi) is 9.07. The van der Waals surface area contributed by atoms with Crippen LogP contribution in [0.4, 0.5) is 35.0 Å². The van der Waals surface area contributed by atoms with Gasteiger partial charge in [-0.25, -0.2) is 18.5 Å². The Morgan fingerprint density at radius 1 is 0.915 bits per heavy atom. The number of carbonyl (C=O) groups is 1. The van der Waals surface area contributed by atoms with E-state index in [9.17, 15) is 27.3 Å². The number of fused-ring (bicyclic) bond motifs is 2. The Hall–Kier alpha value is -4.30. The molecule has 1 saturated heterocycles. The number of aliphatic hydroxyl groups excluding tert-OH is 1. The number of hydrogen-bond acceptors (Lipinski definition) is 6. The fourth-order valence-corrected chi connectivity index (χ4v) is 7.57. The number of piperidine rings is 1. The fourth-order valence-electron chi connectivity index (χ4n) is 6.08. The number of rotatable bonds is 6. The lowest BCUT2D eigenvalue weighted by Crippen LogP contribution is -2.66. The van der Waals surface area contributed by atoms with E-state index in [1.807, 2.05) is 53.4 Å². The highest BCUT2D eigenvalue weighted by Gasteiger charge is 2.44. The summed E-state index contributed by atoms with van der Waals surface area (Å²) in [5, 5.41) is 15.3. The predicted molar refractivity (Wildman–Crippen MR) is 173 cm³/mol. The van der Waals surface area contributed by atoms with E-state index in [1.165, 1.54) is 4.90 Å². The monoisotopic (exact) mass is 685 g/mol. The summed E-state index contributed by atoms with van der Waals surface area (Å²) in [6.07, 6.45) is -4.66. The number of para-hydroxylation sites is 2. The quantitative estimate of drug-likeness (QED) is 0.180. The van der Waals surface area contributed by atoms with E-state index >= 15 is 0 Å². The van der Waals surface area contributed by atoms with E-state index in [4.69, 9.17) is 16.4 Å². The highest BCUT2D eigenvalue weighted by atomic mass is 35.5. The van der Waals surface area contributed by atoms with Crippen molar-refractivity contribution in [3.63, 3.8) is 0 Å². The minimum absolute atomic E-state index is 0.0666. The molecule has 4 aromatic rings. The molecule has 2 aliphatic heterocycles. The van der Waals surface area contributed by atoms with Crippen LogP contribution in [-0.2, 0) is 22.8 Å². The van der Waals surface area contributed by atoms with Crippen molar-refractivity contribution in [3.05, 3.63) is 113 Å². The van der Waals surface area contributed by atoms with Gasteiger partial charge in [-0.1, -0.05) is 54.1 Å². The van der Waals surface area contributed by atoms with Gasteiger partial charge in [-0.05, 0) is 78.6 Å². The maximum Gasteiger partial charge on any atom is 0.573 e. The number of urea groups is 1. The molecule has 1 fully saturated rings. The highest BCUT2D eigenvalue weighted by molar-refractivity contribution is 7.90. The number of halogens is 4. The van der Waals surface area contributed by atoms with Gasteiger partial charge in [0.05, 0.1) is 23.1 Å². The van der Waals surface area contributed by atoms with Crippen LogP contribution in [-0.4, -0.2) is 57.9 Å². The number of aryl methyl sites for hydroxylation is 2. The maximum absolute atomic E-state index is 13.8. The van der Waals surface area contributed by atoms with Crippen molar-refractivity contribution >= 4 is 44.6 Å². The van der Waals surface area contributed by atoms with Crippen LogP contribution in [0.1, 0.15) is 11.1 Å². The third kappa shape index (κ3) is 7.33. The third-order valence-electron chi connectivity index (χ3n) is 8.20. The second-order valence-corrected chi connectivity index (χ2v) is 13.6. The average molecular weight is 686 g/mol. The first kappa shape index (κ1) is 32.6. The van der Waals surface area contributed by atoms with Gasteiger partial charge in [0.1, 0.15) is 15.7 Å². The molecule has 2 amide bonds. The molecule has 4 atom stereocenters. The van der Waals surface area contributed by atoms with Gasteiger partial charge in [0, 0.05) is 35.2 Å². The van der Waals surface area contributed by atoms with Gasteiger partial charge >= 0.3 is 12.4 Å². The molecule has 9 nitrogen and oxygen atoms in total. The Balaban J connectivity index is 1.36. The summed E-state index contributed by atoms with van der Waals surface area (Å²) in [6.45, 7) is -0.0661. The van der Waals surface area contributed by atoms with Gasteiger partial charge < -0.3 is 25.0 Å². The number of amides is 2. The lowest BCUT2D eigenvalue weighted by molar-refractivity contribution is -0.274. The van der Waals surface area contributed by atoms with Crippen LogP contribution in [0.25, 0.3) is 0 Å². The van der Waals surface area contributed by atoms with Crippen LogP contribution in [0, 0.1) is 4.78 Å². The molecule has 2 heterocycles. The van der Waals surface area contributed by atoms with Crippen molar-refractivity contribution in [1.29, 1.82) is 4.78 Å². The van der Waals surface area contributed by atoms with E-state index < -0.39 is 46.2 Å². The number of nitrogens with zero attached hydrogens (tertiary/aromatic N) is 2. The largest absolute Gasteiger partial charge is 0.573 e. The molecular weight excluding hydrogens is 655 g/mol. The number of likely N-dealkylation sites (tertiary alicyclic amines) is 1. The topological polar surface area (TPSA) is 118 Å². The number of hydrogen-bond donors (Lipinski definition) is 4. The van der Waals surface area contributed by atoms with Crippen LogP contribution < -0.4 is 19.7 Å². The minimum Gasteiger partial charge on any atom is -0.406 e. The summed E-state index contributed by atoms with van der Waals surface area (Å²) in [7, 11) is -3.89. The number of aliphatic hydroxyl groups is 1. The van der Waals surface area contributed by atoms with E-state index in [-0.39, 0.29) is 18.0 Å². The molecule has 4 unspecified atom stereocenters. The van der Waals surface area contributed by atoms with Gasteiger partial charge in [0.25, 0.3) is 0 Å². The lowest BCUT2D eigenvalue weighted by atomic mass is 9.94. The predicted octanol–water partition coefficient (Wildman–Crippen LogP) is 6.73. The Morgan fingerprint density at radius 2 is 1.53 bits per heavy atom. The molecule has 0 bridgehead atoms. The van der Waals surface area contributed by atoms with Crippen LogP contribution in [0.5, 0.6) is 5.75 Å². The summed E-state index contributed by atoms with van der Waals surface area (Å²) in [5.74, 6) is -0.531.